The second-order valence-corrected chi connectivity index (χ2v) is 7.71. The largest absolute Gasteiger partial charge is 0.496 e. The average Bonchev–Trinajstić information content (AvgIpc) is 3.18. The molecule has 0 bridgehead atoms. The Morgan fingerprint density at radius 1 is 1.19 bits per heavy atom. The van der Waals surface area contributed by atoms with Gasteiger partial charge in [0.25, 0.3) is 5.56 Å². The molecular formula is C22H17FN2O5S. The summed E-state index contributed by atoms with van der Waals surface area (Å²) in [5, 5.41) is 10.6. The Balaban J connectivity index is 1.87. The Labute approximate surface area is 179 Å². The van der Waals surface area contributed by atoms with E-state index in [4.69, 9.17) is 4.74 Å². The van der Waals surface area contributed by atoms with Gasteiger partial charge < -0.3 is 14.8 Å². The van der Waals surface area contributed by atoms with Gasteiger partial charge in [0.1, 0.15) is 10.6 Å². The first-order chi connectivity index (χ1) is 14.9. The molecule has 7 nitrogen and oxygen atoms in total. The number of carbonyl (C=O) groups is 1. The van der Waals surface area contributed by atoms with Gasteiger partial charge in [-0.15, -0.1) is 11.3 Å². The number of ether oxygens (including phenoxy) is 1. The molecule has 0 saturated carbocycles. The smallest absolute Gasteiger partial charge is 0.346 e. The molecule has 2 aromatic carbocycles. The van der Waals surface area contributed by atoms with Gasteiger partial charge >= 0.3 is 11.7 Å². The molecule has 0 fully saturated rings. The predicted octanol–water partition coefficient (Wildman–Crippen LogP) is 3.37. The summed E-state index contributed by atoms with van der Waals surface area (Å²) in [6.07, 6.45) is 1.12. The zero-order valence-corrected chi connectivity index (χ0v) is 17.2. The van der Waals surface area contributed by atoms with Crippen molar-refractivity contribution in [2.24, 2.45) is 0 Å². The van der Waals surface area contributed by atoms with Gasteiger partial charge in [0.2, 0.25) is 0 Å². The molecule has 4 rings (SSSR count). The van der Waals surface area contributed by atoms with Crippen LogP contribution in [0.15, 0.2) is 57.4 Å². The lowest BCUT2D eigenvalue weighted by Crippen LogP contribution is -2.34. The highest BCUT2D eigenvalue weighted by atomic mass is 32.1. The van der Waals surface area contributed by atoms with Gasteiger partial charge in [-0.05, 0) is 30.0 Å². The number of benzene rings is 2. The van der Waals surface area contributed by atoms with Crippen LogP contribution in [0, 0.1) is 5.82 Å². The summed E-state index contributed by atoms with van der Waals surface area (Å²) in [5.74, 6) is -1.83. The highest BCUT2D eigenvalue weighted by molar-refractivity contribution is 7.13. The number of nitrogens with zero attached hydrogens (tertiary/aromatic N) is 1. The summed E-state index contributed by atoms with van der Waals surface area (Å²) in [5.41, 5.74) is -0.235. The SMILES string of the molecule is COc1cc(F)c(-n2c(=O)[nH]c3csc(C(=O)O)c3c2=O)cc1CCc1ccccc1. The number of hydrogen-bond donors (Lipinski definition) is 2. The lowest BCUT2D eigenvalue weighted by Gasteiger charge is -2.13. The Kier molecular flexibility index (Phi) is 5.43. The second-order valence-electron chi connectivity index (χ2n) is 6.83. The van der Waals surface area contributed by atoms with Crippen LogP contribution < -0.4 is 16.0 Å². The number of methoxy groups -OCH3 is 1. The van der Waals surface area contributed by atoms with Crippen molar-refractivity contribution in [2.75, 3.05) is 7.11 Å². The monoisotopic (exact) mass is 440 g/mol. The molecule has 2 N–H and O–H groups in total. The van der Waals surface area contributed by atoms with Gasteiger partial charge in [-0.2, -0.15) is 0 Å². The maximum Gasteiger partial charge on any atom is 0.346 e. The van der Waals surface area contributed by atoms with Crippen LogP contribution in [0.3, 0.4) is 0 Å². The van der Waals surface area contributed by atoms with Crippen molar-refractivity contribution in [3.8, 4) is 11.4 Å². The van der Waals surface area contributed by atoms with Crippen LogP contribution in [0.2, 0.25) is 0 Å². The molecule has 0 amide bonds. The van der Waals surface area contributed by atoms with Crippen LogP contribution in [-0.2, 0) is 12.8 Å². The van der Waals surface area contributed by atoms with Crippen molar-refractivity contribution < 1.29 is 19.0 Å². The van der Waals surface area contributed by atoms with Crippen molar-refractivity contribution >= 4 is 28.2 Å². The van der Waals surface area contributed by atoms with Crippen LogP contribution in [0.5, 0.6) is 5.75 Å². The Morgan fingerprint density at radius 2 is 1.94 bits per heavy atom. The quantitative estimate of drug-likeness (QED) is 0.479. The van der Waals surface area contributed by atoms with E-state index in [2.05, 4.69) is 4.98 Å². The zero-order valence-electron chi connectivity index (χ0n) is 16.3. The first kappa shape index (κ1) is 20.5. The van der Waals surface area contributed by atoms with Gasteiger partial charge in [-0.3, -0.25) is 4.79 Å². The first-order valence-electron chi connectivity index (χ1n) is 9.31. The van der Waals surface area contributed by atoms with Crippen molar-refractivity contribution in [3.63, 3.8) is 0 Å². The lowest BCUT2D eigenvalue weighted by atomic mass is 10.0. The molecule has 2 aromatic heterocycles. The van der Waals surface area contributed by atoms with Crippen LogP contribution in [-0.4, -0.2) is 27.7 Å². The van der Waals surface area contributed by atoms with Gasteiger partial charge in [-0.25, -0.2) is 18.5 Å². The highest BCUT2D eigenvalue weighted by Gasteiger charge is 2.21. The normalized spacial score (nSPS) is 11.0. The van der Waals surface area contributed by atoms with Gasteiger partial charge in [0.05, 0.1) is 23.7 Å². The second kappa shape index (κ2) is 8.19. The van der Waals surface area contributed by atoms with E-state index < -0.39 is 23.0 Å². The number of H-pyrrole nitrogens is 1. The van der Waals surface area contributed by atoms with E-state index in [1.54, 1.807) is 0 Å². The van der Waals surface area contributed by atoms with Gasteiger partial charge in [0, 0.05) is 11.4 Å². The Morgan fingerprint density at radius 3 is 2.61 bits per heavy atom. The minimum absolute atomic E-state index is 0.104. The van der Waals surface area contributed by atoms with Crippen LogP contribution in [0.25, 0.3) is 16.6 Å². The minimum Gasteiger partial charge on any atom is -0.496 e. The predicted molar refractivity (Wildman–Crippen MR) is 115 cm³/mol. The fraction of sp³-hybridized carbons (Fsp3) is 0.136. The number of aromatic amines is 1. The summed E-state index contributed by atoms with van der Waals surface area (Å²) in [4.78, 5) is 39.3. The van der Waals surface area contributed by atoms with E-state index >= 15 is 0 Å². The minimum atomic E-state index is -1.30. The van der Waals surface area contributed by atoms with Crippen LogP contribution >= 0.6 is 11.3 Å². The van der Waals surface area contributed by atoms with E-state index in [1.807, 2.05) is 30.3 Å². The number of halogens is 1. The standard InChI is InChI=1S/C22H17FN2O5S/c1-30-17-10-14(23)16(9-13(17)8-7-12-5-3-2-4-6-12)25-20(26)18-15(24-22(25)29)11-31-19(18)21(27)28/h2-6,9-11H,7-8H2,1H3,(H,24,29)(H,27,28). The molecule has 0 radical (unpaired) electrons. The molecular weight excluding hydrogens is 423 g/mol. The Bertz CT molecular complexity index is 1410. The van der Waals surface area contributed by atoms with Crippen molar-refractivity contribution in [1.82, 2.24) is 9.55 Å². The lowest BCUT2D eigenvalue weighted by molar-refractivity contribution is 0.0704. The number of rotatable bonds is 6. The molecule has 9 heteroatoms. The molecule has 0 aliphatic carbocycles. The molecule has 31 heavy (non-hydrogen) atoms. The van der Waals surface area contributed by atoms with Crippen molar-refractivity contribution in [2.45, 2.75) is 12.8 Å². The van der Waals surface area contributed by atoms with E-state index in [0.29, 0.717) is 28.7 Å². The van der Waals surface area contributed by atoms with E-state index in [-0.39, 0.29) is 21.5 Å². The number of thiophene rings is 1. The van der Waals surface area contributed by atoms with E-state index in [0.717, 1.165) is 23.0 Å². The summed E-state index contributed by atoms with van der Waals surface area (Å²) >= 11 is 0.820. The fourth-order valence-corrected chi connectivity index (χ4v) is 4.31. The number of aryl methyl sites for hydroxylation is 2. The summed E-state index contributed by atoms with van der Waals surface area (Å²) < 4.78 is 20.8. The maximum atomic E-state index is 14.9. The third kappa shape index (κ3) is 3.75. The average molecular weight is 440 g/mol. The molecule has 0 aliphatic heterocycles. The number of fused-ring (bicyclic) bond motifs is 1. The fourth-order valence-electron chi connectivity index (χ4n) is 3.48. The van der Waals surface area contributed by atoms with Crippen LogP contribution in [0.4, 0.5) is 4.39 Å². The number of carboxylic acid groups (broad SMARTS) is 1. The number of hydrogen-bond acceptors (Lipinski definition) is 5. The maximum absolute atomic E-state index is 14.9. The van der Waals surface area contributed by atoms with Gasteiger partial charge in [0.15, 0.2) is 5.82 Å². The molecule has 0 saturated heterocycles. The van der Waals surface area contributed by atoms with E-state index in [9.17, 15) is 23.9 Å². The Hall–Kier alpha value is -3.72. The number of carboxylic acids is 1. The number of aromatic nitrogens is 2. The summed E-state index contributed by atoms with van der Waals surface area (Å²) in [7, 11) is 1.41. The van der Waals surface area contributed by atoms with Gasteiger partial charge in [-0.1, -0.05) is 30.3 Å². The number of nitrogens with one attached hydrogen (secondary N) is 1. The molecule has 158 valence electrons. The zero-order chi connectivity index (χ0) is 22.1. The third-order valence-electron chi connectivity index (χ3n) is 4.96. The molecule has 4 aromatic rings. The number of aromatic carboxylic acids is 1. The highest BCUT2D eigenvalue weighted by Crippen LogP contribution is 2.27. The third-order valence-corrected chi connectivity index (χ3v) is 5.93. The molecule has 0 aliphatic rings. The summed E-state index contributed by atoms with van der Waals surface area (Å²) in [6.45, 7) is 0. The van der Waals surface area contributed by atoms with Crippen molar-refractivity contribution in [3.05, 3.63) is 90.5 Å². The molecule has 2 heterocycles. The molecule has 0 spiro atoms. The molecule has 0 unspecified atom stereocenters. The topological polar surface area (TPSA) is 101 Å². The summed E-state index contributed by atoms with van der Waals surface area (Å²) in [6, 6.07) is 12.2. The van der Waals surface area contributed by atoms with Crippen molar-refractivity contribution in [1.29, 1.82) is 0 Å². The van der Waals surface area contributed by atoms with Crippen LogP contribution in [0.1, 0.15) is 20.8 Å². The molecule has 0 atom stereocenters. The van der Waals surface area contributed by atoms with E-state index in [1.165, 1.54) is 18.6 Å². The first-order valence-corrected chi connectivity index (χ1v) is 10.2.